The molecular weight excluding hydrogens is 182 g/mol. The van der Waals surface area contributed by atoms with Crippen LogP contribution in [-0.2, 0) is 4.79 Å². The van der Waals surface area contributed by atoms with E-state index in [1.54, 1.807) is 6.92 Å². The first-order valence-electron chi connectivity index (χ1n) is 5.10. The fourth-order valence-electron chi connectivity index (χ4n) is 1.53. The summed E-state index contributed by atoms with van der Waals surface area (Å²) in [5.41, 5.74) is 0. The van der Waals surface area contributed by atoms with Crippen molar-refractivity contribution in [3.63, 3.8) is 0 Å². The third-order valence-electron chi connectivity index (χ3n) is 2.54. The zero-order valence-electron chi connectivity index (χ0n) is 8.62. The Morgan fingerprint density at radius 2 is 1.71 bits per heavy atom. The van der Waals surface area contributed by atoms with Crippen LogP contribution in [0.1, 0.15) is 6.92 Å². The summed E-state index contributed by atoms with van der Waals surface area (Å²) in [6.07, 6.45) is 0. The largest absolute Gasteiger partial charge is 0.480 e. The smallest absolute Gasteiger partial charge is 0.320 e. The Bertz CT molecular complexity index is 177. The van der Waals surface area contributed by atoms with Gasteiger partial charge in [-0.2, -0.15) is 0 Å². The number of nitrogens with one attached hydrogen (secondary N) is 2. The Morgan fingerprint density at radius 1 is 1.21 bits per heavy atom. The second-order valence-corrected chi connectivity index (χ2v) is 3.55. The molecule has 5 heteroatoms. The summed E-state index contributed by atoms with van der Waals surface area (Å²) in [6, 6.07) is -0.392. The van der Waals surface area contributed by atoms with Gasteiger partial charge in [0.05, 0.1) is 0 Å². The van der Waals surface area contributed by atoms with Gasteiger partial charge in [-0.15, -0.1) is 0 Å². The van der Waals surface area contributed by atoms with Gasteiger partial charge < -0.3 is 15.7 Å². The van der Waals surface area contributed by atoms with Crippen LogP contribution in [-0.4, -0.2) is 61.3 Å². The molecule has 0 amide bonds. The summed E-state index contributed by atoms with van der Waals surface area (Å²) in [5, 5.41) is 15.4. The topological polar surface area (TPSA) is 64.6 Å². The maximum absolute atomic E-state index is 10.8. The first kappa shape index (κ1) is 11.4. The van der Waals surface area contributed by atoms with Crippen LogP contribution in [0.2, 0.25) is 0 Å². The zero-order valence-corrected chi connectivity index (χ0v) is 8.62. The van der Waals surface area contributed by atoms with Crippen LogP contribution in [0, 0.1) is 0 Å². The minimum atomic E-state index is -0.746. The second-order valence-electron chi connectivity index (χ2n) is 3.55. The molecule has 0 bridgehead atoms. The first-order chi connectivity index (χ1) is 6.72. The van der Waals surface area contributed by atoms with E-state index >= 15 is 0 Å². The highest BCUT2D eigenvalue weighted by Gasteiger charge is 2.19. The third kappa shape index (κ3) is 3.61. The van der Waals surface area contributed by atoms with Gasteiger partial charge in [-0.05, 0) is 6.92 Å². The molecular formula is C9H19N3O2. The minimum Gasteiger partial charge on any atom is -0.480 e. The molecule has 1 heterocycles. The quantitative estimate of drug-likeness (QED) is 0.532. The molecule has 0 aromatic rings. The molecule has 0 aromatic heterocycles. The normalized spacial score (nSPS) is 23.2. The van der Waals surface area contributed by atoms with E-state index in [4.69, 9.17) is 5.11 Å². The third-order valence-corrected chi connectivity index (χ3v) is 2.54. The Balaban J connectivity index is 2.42. The number of carboxylic acids is 1. The van der Waals surface area contributed by atoms with E-state index in [1.807, 2.05) is 4.90 Å². The molecule has 14 heavy (non-hydrogen) atoms. The zero-order chi connectivity index (χ0) is 10.4. The summed E-state index contributed by atoms with van der Waals surface area (Å²) < 4.78 is 0. The molecule has 82 valence electrons. The number of aliphatic carboxylic acids is 1. The van der Waals surface area contributed by atoms with Gasteiger partial charge in [0.15, 0.2) is 0 Å². The molecule has 1 aliphatic rings. The van der Waals surface area contributed by atoms with Crippen LogP contribution >= 0.6 is 0 Å². The predicted octanol–water partition coefficient (Wildman–Crippen LogP) is -1.05. The lowest BCUT2D eigenvalue weighted by molar-refractivity contribution is -0.142. The summed E-state index contributed by atoms with van der Waals surface area (Å²) >= 11 is 0. The van der Waals surface area contributed by atoms with Gasteiger partial charge in [0, 0.05) is 39.3 Å². The van der Waals surface area contributed by atoms with Crippen LogP contribution in [0.3, 0.4) is 0 Å². The highest BCUT2D eigenvalue weighted by Crippen LogP contribution is 1.98. The molecule has 0 aliphatic carbocycles. The van der Waals surface area contributed by atoms with Crippen molar-refractivity contribution >= 4 is 5.97 Å². The number of carboxylic acid groups (broad SMARTS) is 1. The van der Waals surface area contributed by atoms with Crippen molar-refractivity contribution in [2.45, 2.75) is 13.0 Å². The molecule has 0 saturated carbocycles. The maximum atomic E-state index is 10.8. The highest BCUT2D eigenvalue weighted by atomic mass is 16.4. The number of nitrogens with zero attached hydrogens (tertiary/aromatic N) is 1. The number of hydrogen-bond donors (Lipinski definition) is 3. The fraction of sp³-hybridized carbons (Fsp3) is 0.889. The van der Waals surface area contributed by atoms with Gasteiger partial charge in [-0.3, -0.25) is 9.69 Å². The number of rotatable bonds is 2. The fourth-order valence-corrected chi connectivity index (χ4v) is 1.53. The van der Waals surface area contributed by atoms with E-state index in [9.17, 15) is 4.79 Å². The van der Waals surface area contributed by atoms with Crippen LogP contribution < -0.4 is 10.6 Å². The molecule has 1 rings (SSSR count). The summed E-state index contributed by atoms with van der Waals surface area (Å²) in [5.74, 6) is -0.746. The molecule has 1 fully saturated rings. The van der Waals surface area contributed by atoms with Crippen molar-refractivity contribution in [3.8, 4) is 0 Å². The maximum Gasteiger partial charge on any atom is 0.320 e. The van der Waals surface area contributed by atoms with Crippen molar-refractivity contribution in [2.24, 2.45) is 0 Å². The lowest BCUT2D eigenvalue weighted by atomic mass is 10.3. The molecule has 1 unspecified atom stereocenters. The lowest BCUT2D eigenvalue weighted by Gasteiger charge is -2.25. The SMILES string of the molecule is CC(C(=O)O)N1CCNCCNCC1. The van der Waals surface area contributed by atoms with E-state index < -0.39 is 12.0 Å². The molecule has 0 radical (unpaired) electrons. The van der Waals surface area contributed by atoms with Gasteiger partial charge >= 0.3 is 5.97 Å². The number of hydrogen-bond acceptors (Lipinski definition) is 4. The average molecular weight is 201 g/mol. The van der Waals surface area contributed by atoms with Crippen molar-refractivity contribution < 1.29 is 9.90 Å². The van der Waals surface area contributed by atoms with Crippen LogP contribution in [0.5, 0.6) is 0 Å². The van der Waals surface area contributed by atoms with Gasteiger partial charge in [-0.1, -0.05) is 0 Å². The van der Waals surface area contributed by atoms with Crippen molar-refractivity contribution in [3.05, 3.63) is 0 Å². The van der Waals surface area contributed by atoms with Gasteiger partial charge in [0.2, 0.25) is 0 Å². The van der Waals surface area contributed by atoms with Crippen molar-refractivity contribution in [2.75, 3.05) is 39.3 Å². The Hall–Kier alpha value is -0.650. The van der Waals surface area contributed by atoms with E-state index in [0.29, 0.717) is 0 Å². The van der Waals surface area contributed by atoms with Crippen LogP contribution in [0.25, 0.3) is 0 Å². The van der Waals surface area contributed by atoms with Crippen LogP contribution in [0.4, 0.5) is 0 Å². The van der Waals surface area contributed by atoms with E-state index in [2.05, 4.69) is 10.6 Å². The second kappa shape index (κ2) is 5.95. The summed E-state index contributed by atoms with van der Waals surface area (Å²) in [6.45, 7) is 6.97. The molecule has 1 saturated heterocycles. The van der Waals surface area contributed by atoms with E-state index in [0.717, 1.165) is 39.3 Å². The van der Waals surface area contributed by atoms with Gasteiger partial charge in [0.25, 0.3) is 0 Å². The molecule has 0 aromatic carbocycles. The lowest BCUT2D eigenvalue weighted by Crippen LogP contribution is -2.44. The highest BCUT2D eigenvalue weighted by molar-refractivity contribution is 5.72. The summed E-state index contributed by atoms with van der Waals surface area (Å²) in [7, 11) is 0. The Labute approximate surface area is 84.5 Å². The summed E-state index contributed by atoms with van der Waals surface area (Å²) in [4.78, 5) is 12.8. The molecule has 1 atom stereocenters. The monoisotopic (exact) mass is 201 g/mol. The molecule has 3 N–H and O–H groups in total. The molecule has 0 spiro atoms. The van der Waals surface area contributed by atoms with Crippen molar-refractivity contribution in [1.29, 1.82) is 0 Å². The molecule has 5 nitrogen and oxygen atoms in total. The van der Waals surface area contributed by atoms with E-state index in [1.165, 1.54) is 0 Å². The number of carbonyl (C=O) groups is 1. The first-order valence-corrected chi connectivity index (χ1v) is 5.10. The molecule has 1 aliphatic heterocycles. The predicted molar refractivity (Wildman–Crippen MR) is 54.4 cm³/mol. The van der Waals surface area contributed by atoms with Crippen molar-refractivity contribution in [1.82, 2.24) is 15.5 Å². The van der Waals surface area contributed by atoms with Gasteiger partial charge in [-0.25, -0.2) is 0 Å². The minimum absolute atomic E-state index is 0.392. The van der Waals surface area contributed by atoms with Gasteiger partial charge in [0.1, 0.15) is 6.04 Å². The average Bonchev–Trinajstić information content (AvgIpc) is 2.29. The standard InChI is InChI=1S/C9H19N3O2/c1-8(9(13)14)12-6-4-10-2-3-11-5-7-12/h8,10-11H,2-7H2,1H3,(H,13,14). The van der Waals surface area contributed by atoms with Crippen LogP contribution in [0.15, 0.2) is 0 Å². The van der Waals surface area contributed by atoms with E-state index in [-0.39, 0.29) is 0 Å². The Kier molecular flexibility index (Phi) is 4.86. The Morgan fingerprint density at radius 3 is 2.14 bits per heavy atom.